The van der Waals surface area contributed by atoms with E-state index in [2.05, 4.69) is 51.2 Å². The van der Waals surface area contributed by atoms with Crippen molar-refractivity contribution in [1.82, 2.24) is 24.0 Å². The van der Waals surface area contributed by atoms with Crippen molar-refractivity contribution in [2.75, 3.05) is 19.6 Å². The van der Waals surface area contributed by atoms with Gasteiger partial charge in [0.05, 0.1) is 17.6 Å². The molecule has 0 unspecified atom stereocenters. The predicted molar refractivity (Wildman–Crippen MR) is 146 cm³/mol. The van der Waals surface area contributed by atoms with Gasteiger partial charge in [-0.1, -0.05) is 18.2 Å². The Balaban J connectivity index is 1.09. The van der Waals surface area contributed by atoms with Crippen molar-refractivity contribution in [2.24, 2.45) is 5.92 Å². The second kappa shape index (κ2) is 10.3. The zero-order chi connectivity index (χ0) is 24.5. The standard InChI is InChI=1S/C29H35N5OS/c1-21-24(29(35)33-14-5-4-10-27(33)30-21)13-17-32-15-11-22(12-16-32)19-28-31-25-8-2-3-9-26(25)34(28)20-23-7-6-18-36-23/h2-3,6-9,18,22H,4-5,10-17,19-20H2,1H3. The number of para-hydroxylation sites is 2. The summed E-state index contributed by atoms with van der Waals surface area (Å²) in [6.07, 6.45) is 7.37. The molecule has 0 amide bonds. The van der Waals surface area contributed by atoms with E-state index in [0.717, 1.165) is 87.4 Å². The third-order valence-electron chi connectivity index (χ3n) is 8.06. The second-order valence-corrected chi connectivity index (χ2v) is 11.5. The Bertz CT molecular complexity index is 1400. The van der Waals surface area contributed by atoms with E-state index in [1.165, 1.54) is 29.1 Å². The van der Waals surface area contributed by atoms with Crippen LogP contribution in [0.3, 0.4) is 0 Å². The van der Waals surface area contributed by atoms with Crippen LogP contribution >= 0.6 is 11.3 Å². The lowest BCUT2D eigenvalue weighted by molar-refractivity contribution is 0.184. The molecule has 0 N–H and O–H groups in total. The van der Waals surface area contributed by atoms with E-state index in [0.29, 0.717) is 5.92 Å². The van der Waals surface area contributed by atoms with Crippen molar-refractivity contribution in [1.29, 1.82) is 0 Å². The lowest BCUT2D eigenvalue weighted by Crippen LogP contribution is -2.38. The average Bonchev–Trinajstić information content (AvgIpc) is 3.53. The van der Waals surface area contributed by atoms with Crippen molar-refractivity contribution < 1.29 is 0 Å². The van der Waals surface area contributed by atoms with E-state index >= 15 is 0 Å². The first-order chi connectivity index (χ1) is 17.7. The Hall–Kier alpha value is -2.77. The molecule has 1 saturated heterocycles. The van der Waals surface area contributed by atoms with Crippen LogP contribution in [0.2, 0.25) is 0 Å². The van der Waals surface area contributed by atoms with Gasteiger partial charge in [0.1, 0.15) is 11.6 Å². The van der Waals surface area contributed by atoms with Crippen molar-refractivity contribution in [3.8, 4) is 0 Å². The van der Waals surface area contributed by atoms with Gasteiger partial charge in [0.25, 0.3) is 5.56 Å². The van der Waals surface area contributed by atoms with Gasteiger partial charge in [0, 0.05) is 42.1 Å². The molecule has 2 aliphatic heterocycles. The van der Waals surface area contributed by atoms with Gasteiger partial charge in [0.15, 0.2) is 0 Å². The van der Waals surface area contributed by atoms with E-state index in [-0.39, 0.29) is 5.56 Å². The minimum absolute atomic E-state index is 0.205. The Morgan fingerprint density at radius 1 is 1.03 bits per heavy atom. The number of thiophene rings is 1. The fourth-order valence-electron chi connectivity index (χ4n) is 5.98. The van der Waals surface area contributed by atoms with E-state index < -0.39 is 0 Å². The van der Waals surface area contributed by atoms with Crippen molar-refractivity contribution in [3.05, 3.63) is 79.9 Å². The SMILES string of the molecule is Cc1nc2n(c(=O)c1CCN1CCC(Cc3nc4ccccc4n3Cc3cccs3)CC1)CCCC2. The quantitative estimate of drug-likeness (QED) is 0.363. The number of aryl methyl sites for hydroxylation is 2. The lowest BCUT2D eigenvalue weighted by Gasteiger charge is -2.32. The first kappa shape index (κ1) is 23.6. The highest BCUT2D eigenvalue weighted by Gasteiger charge is 2.23. The molecule has 6 nitrogen and oxygen atoms in total. The topological polar surface area (TPSA) is 56.0 Å². The summed E-state index contributed by atoms with van der Waals surface area (Å²) in [5.74, 6) is 2.85. The summed E-state index contributed by atoms with van der Waals surface area (Å²) in [6.45, 7) is 6.87. The van der Waals surface area contributed by atoms with Crippen LogP contribution < -0.4 is 5.56 Å². The van der Waals surface area contributed by atoms with Crippen molar-refractivity contribution in [3.63, 3.8) is 0 Å². The first-order valence-corrected chi connectivity index (χ1v) is 14.3. The summed E-state index contributed by atoms with van der Waals surface area (Å²) < 4.78 is 4.35. The fraction of sp³-hybridized carbons (Fsp3) is 0.483. The number of hydrogen-bond acceptors (Lipinski definition) is 5. The smallest absolute Gasteiger partial charge is 0.256 e. The minimum atomic E-state index is 0.205. The average molecular weight is 502 g/mol. The third-order valence-corrected chi connectivity index (χ3v) is 8.93. The van der Waals surface area contributed by atoms with Crippen molar-refractivity contribution in [2.45, 2.75) is 65.0 Å². The maximum Gasteiger partial charge on any atom is 0.256 e. The molecule has 0 atom stereocenters. The van der Waals surface area contributed by atoms with Crippen LogP contribution in [-0.4, -0.2) is 43.6 Å². The Kier molecular flexibility index (Phi) is 6.76. The number of piperidine rings is 1. The van der Waals surface area contributed by atoms with Gasteiger partial charge < -0.3 is 9.47 Å². The molecule has 1 aromatic carbocycles. The Labute approximate surface area is 216 Å². The summed E-state index contributed by atoms with van der Waals surface area (Å²) in [6, 6.07) is 12.9. The maximum absolute atomic E-state index is 13.1. The number of rotatable bonds is 7. The van der Waals surface area contributed by atoms with E-state index in [4.69, 9.17) is 9.97 Å². The highest BCUT2D eigenvalue weighted by atomic mass is 32.1. The van der Waals surface area contributed by atoms with E-state index in [1.807, 2.05) is 22.8 Å². The zero-order valence-corrected chi connectivity index (χ0v) is 22.0. The number of hydrogen-bond donors (Lipinski definition) is 0. The molecular weight excluding hydrogens is 466 g/mol. The number of nitrogens with zero attached hydrogens (tertiary/aromatic N) is 5. The number of fused-ring (bicyclic) bond motifs is 2. The normalized spacial score (nSPS) is 17.0. The zero-order valence-electron chi connectivity index (χ0n) is 21.2. The van der Waals surface area contributed by atoms with E-state index in [9.17, 15) is 4.79 Å². The summed E-state index contributed by atoms with van der Waals surface area (Å²) >= 11 is 1.81. The number of aromatic nitrogens is 4. The summed E-state index contributed by atoms with van der Waals surface area (Å²) in [5.41, 5.74) is 4.40. The Morgan fingerprint density at radius 2 is 1.89 bits per heavy atom. The highest BCUT2D eigenvalue weighted by molar-refractivity contribution is 7.09. The van der Waals surface area contributed by atoms with Gasteiger partial charge in [0.2, 0.25) is 0 Å². The molecule has 0 spiro atoms. The largest absolute Gasteiger partial charge is 0.323 e. The molecule has 4 aromatic rings. The molecule has 6 rings (SSSR count). The summed E-state index contributed by atoms with van der Waals surface area (Å²) in [4.78, 5) is 26.8. The molecule has 188 valence electrons. The lowest BCUT2D eigenvalue weighted by atomic mass is 9.93. The maximum atomic E-state index is 13.1. The van der Waals surface area contributed by atoms with Gasteiger partial charge in [-0.15, -0.1) is 11.3 Å². The van der Waals surface area contributed by atoms with Crippen LogP contribution in [0.15, 0.2) is 46.6 Å². The fourth-order valence-corrected chi connectivity index (χ4v) is 6.67. The molecule has 0 saturated carbocycles. The van der Waals surface area contributed by atoms with Gasteiger partial charge in [-0.05, 0) is 81.6 Å². The van der Waals surface area contributed by atoms with Crippen LogP contribution in [0.4, 0.5) is 0 Å². The number of likely N-dealkylation sites (tertiary alicyclic amines) is 1. The molecule has 0 aliphatic carbocycles. The van der Waals surface area contributed by atoms with Crippen LogP contribution in [-0.2, 0) is 32.4 Å². The molecule has 1 fully saturated rings. The Morgan fingerprint density at radius 3 is 2.72 bits per heavy atom. The minimum Gasteiger partial charge on any atom is -0.323 e. The molecule has 0 bridgehead atoms. The van der Waals surface area contributed by atoms with Crippen LogP contribution in [0.25, 0.3) is 11.0 Å². The molecule has 36 heavy (non-hydrogen) atoms. The van der Waals surface area contributed by atoms with Crippen molar-refractivity contribution >= 4 is 22.4 Å². The monoisotopic (exact) mass is 501 g/mol. The van der Waals surface area contributed by atoms with Gasteiger partial charge >= 0.3 is 0 Å². The molecule has 7 heteroatoms. The molecular formula is C29H35N5OS. The number of imidazole rings is 1. The molecule has 5 heterocycles. The first-order valence-electron chi connectivity index (χ1n) is 13.4. The second-order valence-electron chi connectivity index (χ2n) is 10.4. The van der Waals surface area contributed by atoms with Gasteiger partial charge in [-0.3, -0.25) is 9.36 Å². The van der Waals surface area contributed by atoms with Crippen LogP contribution in [0.5, 0.6) is 0 Å². The predicted octanol–water partition coefficient (Wildman–Crippen LogP) is 4.84. The third kappa shape index (κ3) is 4.78. The molecule has 3 aromatic heterocycles. The molecule has 2 aliphatic rings. The summed E-state index contributed by atoms with van der Waals surface area (Å²) in [5, 5.41) is 2.15. The molecule has 0 radical (unpaired) electrons. The highest BCUT2D eigenvalue weighted by Crippen LogP contribution is 2.26. The van der Waals surface area contributed by atoms with Gasteiger partial charge in [-0.25, -0.2) is 9.97 Å². The van der Waals surface area contributed by atoms with Crippen LogP contribution in [0, 0.1) is 12.8 Å². The van der Waals surface area contributed by atoms with E-state index in [1.54, 1.807) is 0 Å². The summed E-state index contributed by atoms with van der Waals surface area (Å²) in [7, 11) is 0. The van der Waals surface area contributed by atoms with Gasteiger partial charge in [-0.2, -0.15) is 0 Å². The number of benzene rings is 1. The van der Waals surface area contributed by atoms with Crippen LogP contribution in [0.1, 0.15) is 53.5 Å².